The van der Waals surface area contributed by atoms with E-state index >= 15 is 0 Å². The summed E-state index contributed by atoms with van der Waals surface area (Å²) >= 11 is 0. The second kappa shape index (κ2) is 4.16. The van der Waals surface area contributed by atoms with Gasteiger partial charge in [-0.2, -0.15) is 0 Å². The van der Waals surface area contributed by atoms with Crippen molar-refractivity contribution in [3.05, 3.63) is 23.8 Å². The lowest BCUT2D eigenvalue weighted by atomic mass is 9.95. The van der Waals surface area contributed by atoms with E-state index in [1.807, 2.05) is 25.1 Å². The third kappa shape index (κ3) is 1.77. The van der Waals surface area contributed by atoms with Crippen LogP contribution >= 0.6 is 0 Å². The Kier molecular flexibility index (Phi) is 2.86. The van der Waals surface area contributed by atoms with E-state index in [2.05, 4.69) is 24.5 Å². The Morgan fingerprint density at radius 2 is 2.19 bits per heavy atom. The fraction of sp³-hybridized carbons (Fsp3) is 0.462. The number of hydrogen-bond donors (Lipinski definition) is 2. The maximum atomic E-state index is 11.9. The molecule has 2 unspecified atom stereocenters. The van der Waals surface area contributed by atoms with Crippen LogP contribution < -0.4 is 10.6 Å². The first kappa shape index (κ1) is 11.0. The largest absolute Gasteiger partial charge is 0.372 e. The molecule has 2 atom stereocenters. The van der Waals surface area contributed by atoms with Gasteiger partial charge in [-0.25, -0.2) is 0 Å². The first-order valence-electron chi connectivity index (χ1n) is 5.80. The van der Waals surface area contributed by atoms with E-state index in [0.29, 0.717) is 5.92 Å². The maximum absolute atomic E-state index is 11.9. The fourth-order valence-electron chi connectivity index (χ4n) is 2.02. The average molecular weight is 218 g/mol. The summed E-state index contributed by atoms with van der Waals surface area (Å²) in [5, 5.41) is 6.32. The summed E-state index contributed by atoms with van der Waals surface area (Å²) in [4.78, 5) is 11.9. The summed E-state index contributed by atoms with van der Waals surface area (Å²) in [6.07, 6.45) is 0.992. The number of carbonyl (C=O) groups excluding carboxylic acids is 1. The molecule has 0 fully saturated rings. The number of aryl methyl sites for hydroxylation is 1. The summed E-state index contributed by atoms with van der Waals surface area (Å²) in [6, 6.07) is 5.91. The summed E-state index contributed by atoms with van der Waals surface area (Å²) in [6.45, 7) is 6.20. The molecular formula is C13H18N2O. The van der Waals surface area contributed by atoms with Gasteiger partial charge in [0.05, 0.1) is 11.4 Å². The van der Waals surface area contributed by atoms with Gasteiger partial charge in [0, 0.05) is 0 Å². The van der Waals surface area contributed by atoms with Gasteiger partial charge in [0.15, 0.2) is 0 Å². The summed E-state index contributed by atoms with van der Waals surface area (Å²) in [5.41, 5.74) is 3.05. The highest BCUT2D eigenvalue weighted by Gasteiger charge is 2.29. The number of amides is 1. The lowest BCUT2D eigenvalue weighted by Crippen LogP contribution is -2.43. The van der Waals surface area contributed by atoms with Crippen LogP contribution in [-0.2, 0) is 4.79 Å². The van der Waals surface area contributed by atoms with Crippen LogP contribution in [0.1, 0.15) is 25.8 Å². The Hall–Kier alpha value is -1.51. The van der Waals surface area contributed by atoms with Crippen molar-refractivity contribution in [1.82, 2.24) is 0 Å². The molecule has 1 aromatic rings. The van der Waals surface area contributed by atoms with Crippen molar-refractivity contribution in [1.29, 1.82) is 0 Å². The fourth-order valence-corrected chi connectivity index (χ4v) is 2.02. The predicted octanol–water partition coefficient (Wildman–Crippen LogP) is 2.77. The van der Waals surface area contributed by atoms with Gasteiger partial charge >= 0.3 is 0 Å². The predicted molar refractivity (Wildman–Crippen MR) is 66.7 cm³/mol. The standard InChI is InChI=1S/C13H18N2O/c1-4-8(2)12-13(16)15-11-9(3)6-5-7-10(11)14-12/h5-8,12,14H,4H2,1-3H3,(H,15,16). The SMILES string of the molecule is CCC(C)C1Nc2cccc(C)c2NC1=O. The maximum Gasteiger partial charge on any atom is 0.247 e. The van der Waals surface area contributed by atoms with Crippen molar-refractivity contribution in [2.24, 2.45) is 5.92 Å². The van der Waals surface area contributed by atoms with Gasteiger partial charge in [0.25, 0.3) is 0 Å². The molecule has 0 saturated heterocycles. The molecule has 0 aliphatic carbocycles. The monoisotopic (exact) mass is 218 g/mol. The van der Waals surface area contributed by atoms with Gasteiger partial charge in [-0.15, -0.1) is 0 Å². The molecule has 0 radical (unpaired) electrons. The Morgan fingerprint density at radius 1 is 1.44 bits per heavy atom. The molecule has 2 N–H and O–H groups in total. The van der Waals surface area contributed by atoms with Crippen molar-refractivity contribution in [3.63, 3.8) is 0 Å². The number of nitrogens with one attached hydrogen (secondary N) is 2. The Bertz CT molecular complexity index is 414. The minimum absolute atomic E-state index is 0.0798. The Balaban J connectivity index is 2.32. The van der Waals surface area contributed by atoms with E-state index < -0.39 is 0 Å². The van der Waals surface area contributed by atoms with Crippen LogP contribution in [-0.4, -0.2) is 11.9 Å². The van der Waals surface area contributed by atoms with E-state index in [9.17, 15) is 4.79 Å². The van der Waals surface area contributed by atoms with Crippen molar-refractivity contribution >= 4 is 17.3 Å². The third-order valence-electron chi connectivity index (χ3n) is 3.33. The number of carbonyl (C=O) groups is 1. The van der Waals surface area contributed by atoms with Crippen LogP contribution in [0.4, 0.5) is 11.4 Å². The van der Waals surface area contributed by atoms with E-state index in [0.717, 1.165) is 23.4 Å². The molecule has 86 valence electrons. The van der Waals surface area contributed by atoms with Crippen molar-refractivity contribution in [3.8, 4) is 0 Å². The average Bonchev–Trinajstić information content (AvgIpc) is 2.29. The molecule has 0 saturated carbocycles. The van der Waals surface area contributed by atoms with Gasteiger partial charge in [0.2, 0.25) is 5.91 Å². The van der Waals surface area contributed by atoms with E-state index in [-0.39, 0.29) is 11.9 Å². The molecule has 1 aliphatic rings. The highest BCUT2D eigenvalue weighted by molar-refractivity contribution is 6.03. The molecule has 0 aromatic heterocycles. The quantitative estimate of drug-likeness (QED) is 0.801. The lowest BCUT2D eigenvalue weighted by Gasteiger charge is -2.31. The van der Waals surface area contributed by atoms with Gasteiger partial charge in [-0.05, 0) is 24.5 Å². The van der Waals surface area contributed by atoms with E-state index in [1.165, 1.54) is 0 Å². The molecule has 1 aliphatic heterocycles. The first-order chi connectivity index (χ1) is 7.63. The van der Waals surface area contributed by atoms with Gasteiger partial charge in [-0.3, -0.25) is 4.79 Å². The lowest BCUT2D eigenvalue weighted by molar-refractivity contribution is -0.118. The molecule has 3 heteroatoms. The minimum atomic E-state index is -0.112. The van der Waals surface area contributed by atoms with Crippen LogP contribution in [0, 0.1) is 12.8 Å². The molecule has 16 heavy (non-hydrogen) atoms. The first-order valence-corrected chi connectivity index (χ1v) is 5.80. The topological polar surface area (TPSA) is 41.1 Å². The van der Waals surface area contributed by atoms with E-state index in [1.54, 1.807) is 0 Å². The number of fused-ring (bicyclic) bond motifs is 1. The smallest absolute Gasteiger partial charge is 0.247 e. The zero-order valence-electron chi connectivity index (χ0n) is 10.0. The molecule has 3 nitrogen and oxygen atoms in total. The van der Waals surface area contributed by atoms with Crippen LogP contribution in [0.3, 0.4) is 0 Å². The second-order valence-electron chi connectivity index (χ2n) is 4.49. The number of hydrogen-bond acceptors (Lipinski definition) is 2. The molecule has 0 spiro atoms. The molecule has 0 bridgehead atoms. The normalized spacial score (nSPS) is 20.7. The van der Waals surface area contributed by atoms with Gasteiger partial charge in [-0.1, -0.05) is 32.4 Å². The molecule has 1 aromatic carbocycles. The second-order valence-corrected chi connectivity index (χ2v) is 4.49. The highest BCUT2D eigenvalue weighted by Crippen LogP contribution is 2.31. The summed E-state index contributed by atoms with van der Waals surface area (Å²) < 4.78 is 0. The minimum Gasteiger partial charge on any atom is -0.372 e. The van der Waals surface area contributed by atoms with Crippen LogP contribution in [0.15, 0.2) is 18.2 Å². The summed E-state index contributed by atoms with van der Waals surface area (Å²) in [5.74, 6) is 0.421. The number of anilines is 2. The van der Waals surface area contributed by atoms with Crippen LogP contribution in [0.25, 0.3) is 0 Å². The van der Waals surface area contributed by atoms with Crippen LogP contribution in [0.5, 0.6) is 0 Å². The molecule has 1 heterocycles. The molecular weight excluding hydrogens is 200 g/mol. The Labute approximate surface area is 96.2 Å². The van der Waals surface area contributed by atoms with E-state index in [4.69, 9.17) is 0 Å². The number of para-hydroxylation sites is 1. The number of rotatable bonds is 2. The molecule has 2 rings (SSSR count). The van der Waals surface area contributed by atoms with Crippen molar-refractivity contribution in [2.45, 2.75) is 33.2 Å². The number of benzene rings is 1. The third-order valence-corrected chi connectivity index (χ3v) is 3.33. The van der Waals surface area contributed by atoms with Gasteiger partial charge in [0.1, 0.15) is 6.04 Å². The zero-order chi connectivity index (χ0) is 11.7. The Morgan fingerprint density at radius 3 is 2.88 bits per heavy atom. The highest BCUT2D eigenvalue weighted by atomic mass is 16.2. The molecule has 1 amide bonds. The summed E-state index contributed by atoms with van der Waals surface area (Å²) in [7, 11) is 0. The van der Waals surface area contributed by atoms with Crippen LogP contribution in [0.2, 0.25) is 0 Å². The zero-order valence-corrected chi connectivity index (χ0v) is 10.0. The van der Waals surface area contributed by atoms with Crippen molar-refractivity contribution in [2.75, 3.05) is 10.6 Å². The van der Waals surface area contributed by atoms with Crippen molar-refractivity contribution < 1.29 is 4.79 Å². The van der Waals surface area contributed by atoms with Gasteiger partial charge < -0.3 is 10.6 Å².